The van der Waals surface area contributed by atoms with E-state index in [1.807, 2.05) is 12.3 Å². The molecule has 0 fully saturated rings. The molecule has 2 heterocycles. The number of anilines is 1. The van der Waals surface area contributed by atoms with E-state index in [1.165, 1.54) is 39.5 Å². The number of H-pyrrole nitrogens is 1. The van der Waals surface area contributed by atoms with Crippen LogP contribution in [0.4, 0.5) is 5.82 Å². The van der Waals surface area contributed by atoms with E-state index in [4.69, 9.17) is 18.9 Å². The number of hydrogen-bond acceptors (Lipinski definition) is 9. The Kier molecular flexibility index (Phi) is 8.91. The number of carbonyl (C=O) groups excluding carboxylic acids is 1. The summed E-state index contributed by atoms with van der Waals surface area (Å²) in [5, 5.41) is 14.7. The molecule has 13 nitrogen and oxygen atoms in total. The third-order valence-electron chi connectivity index (χ3n) is 5.82. The van der Waals surface area contributed by atoms with Crippen LogP contribution in [0.15, 0.2) is 59.8 Å². The van der Waals surface area contributed by atoms with Crippen LogP contribution in [0.5, 0.6) is 17.2 Å². The summed E-state index contributed by atoms with van der Waals surface area (Å²) in [6.07, 6.45) is 6.54. The number of rotatable bonds is 13. The van der Waals surface area contributed by atoms with Crippen molar-refractivity contribution in [2.45, 2.75) is 18.0 Å². The van der Waals surface area contributed by atoms with Crippen molar-refractivity contribution < 1.29 is 32.2 Å². The zero-order valence-corrected chi connectivity index (χ0v) is 23.2. The van der Waals surface area contributed by atoms with Gasteiger partial charge in [-0.2, -0.15) is 10.2 Å². The first kappa shape index (κ1) is 28.4. The summed E-state index contributed by atoms with van der Waals surface area (Å²) < 4.78 is 51.9. The third-order valence-corrected chi connectivity index (χ3v) is 7.22. The van der Waals surface area contributed by atoms with Crippen molar-refractivity contribution >= 4 is 32.7 Å². The number of nitrogens with zero attached hydrogens (tertiary/aromatic N) is 3. The summed E-state index contributed by atoms with van der Waals surface area (Å²) >= 11 is 0. The van der Waals surface area contributed by atoms with Gasteiger partial charge in [0.2, 0.25) is 5.91 Å². The standard InChI is InChI=1S/C26H30N6O7S/c1-36-10-6-9-23(33)27-13-18-14-28-32(16-18)15-17-11-19-24(22(12-17)39-4)26(30-29-19)31-40(34,35)25-20(37-2)7-5-8-21(25)38-3/h5-9,11-12,14,16H,10,13,15H2,1-4H3,(H,27,33)(H2,29,30,31)/b9-6+. The second-order valence-corrected chi connectivity index (χ2v) is 10.1. The molecule has 0 saturated heterocycles. The van der Waals surface area contributed by atoms with Gasteiger partial charge in [0.15, 0.2) is 10.7 Å². The molecule has 14 heteroatoms. The van der Waals surface area contributed by atoms with E-state index in [1.54, 1.807) is 36.2 Å². The maximum atomic E-state index is 13.4. The summed E-state index contributed by atoms with van der Waals surface area (Å²) in [6.45, 7) is 1.07. The Labute approximate surface area is 231 Å². The van der Waals surface area contributed by atoms with Crippen LogP contribution in [0, 0.1) is 0 Å². The van der Waals surface area contributed by atoms with Crippen molar-refractivity contribution in [3.63, 3.8) is 0 Å². The molecule has 0 unspecified atom stereocenters. The zero-order valence-electron chi connectivity index (χ0n) is 22.4. The number of ether oxygens (including phenoxy) is 4. The molecule has 0 aliphatic rings. The molecule has 3 N–H and O–H groups in total. The molecular formula is C26H30N6O7S. The third kappa shape index (κ3) is 6.35. The maximum absolute atomic E-state index is 13.4. The number of fused-ring (bicyclic) bond motifs is 1. The van der Waals surface area contributed by atoms with Gasteiger partial charge in [0.1, 0.15) is 17.2 Å². The van der Waals surface area contributed by atoms with Crippen molar-refractivity contribution in [1.29, 1.82) is 0 Å². The Balaban J connectivity index is 1.54. The number of methoxy groups -OCH3 is 4. The summed E-state index contributed by atoms with van der Waals surface area (Å²) in [5.74, 6) is 0.495. The molecule has 212 valence electrons. The summed E-state index contributed by atoms with van der Waals surface area (Å²) in [5.41, 5.74) is 2.21. The lowest BCUT2D eigenvalue weighted by Gasteiger charge is -2.14. The molecule has 0 aliphatic carbocycles. The number of benzene rings is 2. The average Bonchev–Trinajstić information content (AvgIpc) is 3.57. The van der Waals surface area contributed by atoms with Gasteiger partial charge in [0, 0.05) is 31.5 Å². The fourth-order valence-corrected chi connectivity index (χ4v) is 5.37. The van der Waals surface area contributed by atoms with E-state index < -0.39 is 10.0 Å². The van der Waals surface area contributed by atoms with Crippen LogP contribution in [0.2, 0.25) is 0 Å². The monoisotopic (exact) mass is 570 g/mol. The van der Waals surface area contributed by atoms with Crippen LogP contribution >= 0.6 is 0 Å². The predicted molar refractivity (Wildman–Crippen MR) is 147 cm³/mol. The molecule has 0 bridgehead atoms. The number of aromatic amines is 1. The second kappa shape index (κ2) is 12.5. The van der Waals surface area contributed by atoms with Gasteiger partial charge in [-0.25, -0.2) is 8.42 Å². The van der Waals surface area contributed by atoms with E-state index in [9.17, 15) is 13.2 Å². The van der Waals surface area contributed by atoms with Crippen LogP contribution < -0.4 is 24.2 Å². The summed E-state index contributed by atoms with van der Waals surface area (Å²) in [7, 11) is 1.65. The number of sulfonamides is 1. The summed E-state index contributed by atoms with van der Waals surface area (Å²) in [6, 6.07) is 8.30. The number of hydrogen-bond donors (Lipinski definition) is 3. The molecule has 0 radical (unpaired) electrons. The number of aromatic nitrogens is 4. The molecule has 4 rings (SSSR count). The van der Waals surface area contributed by atoms with Crippen LogP contribution in [0.25, 0.3) is 10.9 Å². The smallest absolute Gasteiger partial charge is 0.270 e. The molecule has 1 amide bonds. The molecule has 2 aromatic heterocycles. The molecule has 0 atom stereocenters. The van der Waals surface area contributed by atoms with E-state index in [0.29, 0.717) is 36.3 Å². The van der Waals surface area contributed by atoms with E-state index in [0.717, 1.165) is 11.1 Å². The fraction of sp³-hybridized carbons (Fsp3) is 0.269. The topological polar surface area (TPSA) is 159 Å². The Morgan fingerprint density at radius 2 is 1.77 bits per heavy atom. The molecule has 0 aliphatic heterocycles. The van der Waals surface area contributed by atoms with Gasteiger partial charge in [-0.05, 0) is 29.8 Å². The Bertz CT molecular complexity index is 1610. The first-order chi connectivity index (χ1) is 19.3. The minimum absolute atomic E-state index is 0.0584. The van der Waals surface area contributed by atoms with Gasteiger partial charge >= 0.3 is 0 Å². The second-order valence-electron chi connectivity index (χ2n) is 8.51. The highest BCUT2D eigenvalue weighted by Crippen LogP contribution is 2.37. The number of amides is 1. The highest BCUT2D eigenvalue weighted by Gasteiger charge is 2.27. The lowest BCUT2D eigenvalue weighted by molar-refractivity contribution is -0.116. The van der Waals surface area contributed by atoms with Crippen LogP contribution in [-0.2, 0) is 32.6 Å². The average molecular weight is 571 g/mol. The molecular weight excluding hydrogens is 540 g/mol. The first-order valence-electron chi connectivity index (χ1n) is 12.0. The summed E-state index contributed by atoms with van der Waals surface area (Å²) in [4.78, 5) is 11.7. The fourth-order valence-electron chi connectivity index (χ4n) is 4.03. The molecule has 4 aromatic rings. The largest absolute Gasteiger partial charge is 0.496 e. The van der Waals surface area contributed by atoms with Gasteiger partial charge in [-0.1, -0.05) is 12.1 Å². The number of carbonyl (C=O) groups is 1. The lowest BCUT2D eigenvalue weighted by atomic mass is 10.1. The maximum Gasteiger partial charge on any atom is 0.270 e. The number of nitrogens with one attached hydrogen (secondary N) is 3. The van der Waals surface area contributed by atoms with Gasteiger partial charge in [0.25, 0.3) is 10.0 Å². The first-order valence-corrected chi connectivity index (χ1v) is 13.5. The minimum atomic E-state index is -4.15. The van der Waals surface area contributed by atoms with E-state index in [2.05, 4.69) is 25.3 Å². The molecule has 40 heavy (non-hydrogen) atoms. The van der Waals surface area contributed by atoms with Crippen molar-refractivity contribution in [2.75, 3.05) is 39.8 Å². The van der Waals surface area contributed by atoms with Crippen LogP contribution in [-0.4, -0.2) is 69.3 Å². The van der Waals surface area contributed by atoms with Crippen LogP contribution in [0.1, 0.15) is 11.1 Å². The normalized spacial score (nSPS) is 11.6. The molecule has 0 saturated carbocycles. The Morgan fingerprint density at radius 1 is 1.05 bits per heavy atom. The minimum Gasteiger partial charge on any atom is -0.496 e. The Morgan fingerprint density at radius 3 is 2.45 bits per heavy atom. The van der Waals surface area contributed by atoms with Gasteiger partial charge in [-0.3, -0.25) is 19.3 Å². The van der Waals surface area contributed by atoms with E-state index in [-0.39, 0.29) is 28.1 Å². The highest BCUT2D eigenvalue weighted by molar-refractivity contribution is 7.93. The van der Waals surface area contributed by atoms with Crippen molar-refractivity contribution in [1.82, 2.24) is 25.3 Å². The van der Waals surface area contributed by atoms with Crippen molar-refractivity contribution in [3.05, 3.63) is 66.0 Å². The predicted octanol–water partition coefficient (Wildman–Crippen LogP) is 2.45. The van der Waals surface area contributed by atoms with Gasteiger partial charge in [0.05, 0.1) is 51.6 Å². The quantitative estimate of drug-likeness (QED) is 0.205. The van der Waals surface area contributed by atoms with Crippen molar-refractivity contribution in [3.8, 4) is 17.2 Å². The van der Waals surface area contributed by atoms with Crippen molar-refractivity contribution in [2.24, 2.45) is 0 Å². The SMILES string of the molecule is COC/C=C/C(=O)NCc1cnn(Cc2cc(OC)c3c(NS(=O)(=O)c4c(OC)cccc4OC)n[nH]c3c2)c1. The van der Waals surface area contributed by atoms with Gasteiger partial charge < -0.3 is 24.3 Å². The lowest BCUT2D eigenvalue weighted by Crippen LogP contribution is -2.20. The molecule has 0 spiro atoms. The van der Waals surface area contributed by atoms with E-state index >= 15 is 0 Å². The molecule has 2 aromatic carbocycles. The Hall–Kier alpha value is -4.56. The zero-order chi connectivity index (χ0) is 28.7. The highest BCUT2D eigenvalue weighted by atomic mass is 32.2. The van der Waals surface area contributed by atoms with Gasteiger partial charge in [-0.15, -0.1) is 0 Å². The van der Waals surface area contributed by atoms with Crippen LogP contribution in [0.3, 0.4) is 0 Å².